The summed E-state index contributed by atoms with van der Waals surface area (Å²) in [5, 5.41) is 7.29. The minimum Gasteiger partial charge on any atom is -0.273 e. The molecule has 0 fully saturated rings. The molecule has 14 heteroatoms. The van der Waals surface area contributed by atoms with Crippen molar-refractivity contribution in [1.29, 1.82) is 0 Å². The van der Waals surface area contributed by atoms with Crippen molar-refractivity contribution < 1.29 is 25.8 Å². The summed E-state index contributed by atoms with van der Waals surface area (Å²) >= 11 is 8.11. The van der Waals surface area contributed by atoms with Crippen molar-refractivity contribution in [2.75, 3.05) is 0 Å². The van der Waals surface area contributed by atoms with Crippen molar-refractivity contribution in [2.45, 2.75) is 4.21 Å². The van der Waals surface area contributed by atoms with Gasteiger partial charge in [0.2, 0.25) is 10.0 Å². The molecule has 0 aliphatic rings. The highest BCUT2D eigenvalue weighted by molar-refractivity contribution is 8.09. The van der Waals surface area contributed by atoms with Crippen molar-refractivity contribution in [3.63, 3.8) is 0 Å². The zero-order valence-electron chi connectivity index (χ0n) is 11.7. The van der Waals surface area contributed by atoms with E-state index in [9.17, 15) is 12.8 Å². The predicted molar refractivity (Wildman–Crippen MR) is 96.7 cm³/mol. The first kappa shape index (κ1) is 20.5. The lowest BCUT2D eigenvalue weighted by Gasteiger charge is -1.92. The number of halogens is 3. The maximum absolute atomic E-state index is 13.4. The van der Waals surface area contributed by atoms with E-state index < -0.39 is 25.2 Å². The number of benzene rings is 1. The van der Waals surface area contributed by atoms with Gasteiger partial charge in [-0.3, -0.25) is 4.55 Å². The number of thiazole rings is 1. The van der Waals surface area contributed by atoms with Crippen LogP contribution in [0.2, 0.25) is 5.02 Å². The van der Waals surface area contributed by atoms with E-state index in [-0.39, 0.29) is 9.23 Å². The fourth-order valence-corrected chi connectivity index (χ4v) is 4.56. The van der Waals surface area contributed by atoms with Crippen molar-refractivity contribution in [3.05, 3.63) is 34.4 Å². The van der Waals surface area contributed by atoms with Crippen LogP contribution in [0.5, 0.6) is 0 Å². The standard InChI is InChI=1S/C11H6ClFN2O2S3.ClHO3S/c12-9-6(13)1-2-7-10(9)19-11(15-7)5-3-8(18-4-5)20(14,16)17;1-5(2,3)4/h1-4H,(H2,14,16,17);(H,2,3,4). The Bertz CT molecular complexity index is 1130. The second-order valence-corrected chi connectivity index (χ2v) is 10.4. The van der Waals surface area contributed by atoms with Crippen LogP contribution in [0.15, 0.2) is 27.8 Å². The Hall–Kier alpha value is -0.860. The smallest absolute Gasteiger partial charge is 0.273 e. The number of thiophene rings is 1. The molecular formula is C11H7Cl2FN2O5S4. The van der Waals surface area contributed by atoms with Gasteiger partial charge in [0.05, 0.1) is 15.2 Å². The molecule has 136 valence electrons. The predicted octanol–water partition coefficient (Wildman–Crippen LogP) is 3.49. The lowest BCUT2D eigenvalue weighted by atomic mass is 10.3. The SMILES string of the molecule is NS(=O)(=O)c1cc(-c2nc3ccc(F)c(Cl)c3s2)cs1.O=S(=O)(O)Cl. The lowest BCUT2D eigenvalue weighted by molar-refractivity contribution is 0.501. The Morgan fingerprint density at radius 2 is 1.84 bits per heavy atom. The van der Waals surface area contributed by atoms with Gasteiger partial charge in [0.25, 0.3) is 0 Å². The van der Waals surface area contributed by atoms with Crippen LogP contribution in [-0.2, 0) is 19.4 Å². The molecule has 2 heterocycles. The van der Waals surface area contributed by atoms with E-state index in [1.54, 1.807) is 5.38 Å². The van der Waals surface area contributed by atoms with E-state index >= 15 is 0 Å². The van der Waals surface area contributed by atoms with Gasteiger partial charge in [-0.2, -0.15) is 8.42 Å². The molecule has 1 aromatic carbocycles. The summed E-state index contributed by atoms with van der Waals surface area (Å²) in [5.74, 6) is -0.509. The van der Waals surface area contributed by atoms with E-state index in [1.807, 2.05) is 0 Å². The molecule has 0 unspecified atom stereocenters. The molecule has 0 aliphatic heterocycles. The Kier molecular flexibility index (Phi) is 6.06. The van der Waals surface area contributed by atoms with E-state index in [0.717, 1.165) is 11.3 Å². The first-order valence-corrected chi connectivity index (χ1v) is 11.8. The summed E-state index contributed by atoms with van der Waals surface area (Å²) in [4.78, 5) is 4.32. The molecule has 0 saturated heterocycles. The summed E-state index contributed by atoms with van der Waals surface area (Å²) in [7, 11) is -3.86. The molecule has 2 aromatic heterocycles. The Morgan fingerprint density at radius 3 is 2.36 bits per heavy atom. The highest BCUT2D eigenvalue weighted by atomic mass is 35.7. The second-order valence-electron chi connectivity index (χ2n) is 4.34. The van der Waals surface area contributed by atoms with Crippen LogP contribution in [-0.4, -0.2) is 26.4 Å². The summed E-state index contributed by atoms with van der Waals surface area (Å²) in [6, 6.07) is 4.23. The molecule has 25 heavy (non-hydrogen) atoms. The number of aromatic nitrogens is 1. The minimum atomic E-state index is -4.19. The zero-order chi connectivity index (χ0) is 19.0. The minimum absolute atomic E-state index is 0.0214. The molecule has 0 atom stereocenters. The van der Waals surface area contributed by atoms with Crippen LogP contribution in [0.1, 0.15) is 0 Å². The fraction of sp³-hybridized carbons (Fsp3) is 0. The van der Waals surface area contributed by atoms with Gasteiger partial charge in [-0.05, 0) is 18.2 Å². The average molecular weight is 465 g/mol. The molecule has 3 N–H and O–H groups in total. The Morgan fingerprint density at radius 1 is 1.24 bits per heavy atom. The topological polar surface area (TPSA) is 127 Å². The average Bonchev–Trinajstić information content (AvgIpc) is 3.06. The summed E-state index contributed by atoms with van der Waals surface area (Å²) in [5.41, 5.74) is 1.19. The molecule has 0 aliphatic carbocycles. The summed E-state index contributed by atoms with van der Waals surface area (Å²) in [6.45, 7) is 0. The molecule has 0 saturated carbocycles. The van der Waals surface area contributed by atoms with E-state index in [0.29, 0.717) is 20.8 Å². The Balaban J connectivity index is 0.000000399. The van der Waals surface area contributed by atoms with Gasteiger partial charge in [0.1, 0.15) is 15.0 Å². The van der Waals surface area contributed by atoms with Crippen LogP contribution in [0.4, 0.5) is 4.39 Å². The number of rotatable bonds is 2. The van der Waals surface area contributed by atoms with Gasteiger partial charge in [-0.1, -0.05) is 11.6 Å². The maximum Gasteiger partial charge on any atom is 0.353 e. The monoisotopic (exact) mass is 464 g/mol. The largest absolute Gasteiger partial charge is 0.353 e. The highest BCUT2D eigenvalue weighted by Gasteiger charge is 2.16. The van der Waals surface area contributed by atoms with Crippen molar-refractivity contribution >= 4 is 74.5 Å². The van der Waals surface area contributed by atoms with Gasteiger partial charge in [0.15, 0.2) is 0 Å². The van der Waals surface area contributed by atoms with Crippen LogP contribution >= 0.6 is 45.0 Å². The van der Waals surface area contributed by atoms with Crippen LogP contribution < -0.4 is 5.14 Å². The fourth-order valence-electron chi connectivity index (χ4n) is 1.64. The normalized spacial score (nSPS) is 12.0. The third-order valence-corrected chi connectivity index (χ3v) is 6.56. The van der Waals surface area contributed by atoms with Crippen LogP contribution in [0.25, 0.3) is 20.8 Å². The number of nitrogens with zero attached hydrogens (tertiary/aromatic N) is 1. The third-order valence-electron chi connectivity index (χ3n) is 2.55. The molecular weight excluding hydrogens is 458 g/mol. The van der Waals surface area contributed by atoms with Gasteiger partial charge in [-0.25, -0.2) is 22.9 Å². The molecule has 0 bridgehead atoms. The zero-order valence-corrected chi connectivity index (χ0v) is 16.5. The third kappa shape index (κ3) is 5.56. The molecule has 0 radical (unpaired) electrons. The van der Waals surface area contributed by atoms with Crippen LogP contribution in [0, 0.1) is 5.82 Å². The number of nitrogens with two attached hydrogens (primary N) is 1. The molecule has 0 spiro atoms. The van der Waals surface area contributed by atoms with Gasteiger partial charge in [0, 0.05) is 21.6 Å². The molecule has 7 nitrogen and oxygen atoms in total. The van der Waals surface area contributed by atoms with Crippen molar-refractivity contribution in [2.24, 2.45) is 5.14 Å². The van der Waals surface area contributed by atoms with Gasteiger partial charge >= 0.3 is 9.33 Å². The summed E-state index contributed by atoms with van der Waals surface area (Å²) < 4.78 is 61.6. The first-order valence-electron chi connectivity index (χ1n) is 5.89. The van der Waals surface area contributed by atoms with Gasteiger partial charge in [-0.15, -0.1) is 22.7 Å². The van der Waals surface area contributed by atoms with Crippen molar-refractivity contribution in [3.8, 4) is 10.6 Å². The van der Waals surface area contributed by atoms with Crippen LogP contribution in [0.3, 0.4) is 0 Å². The molecule has 0 amide bonds. The number of sulfonamides is 1. The quantitative estimate of drug-likeness (QED) is 0.441. The number of hydrogen-bond donors (Lipinski definition) is 2. The number of hydrogen-bond acceptors (Lipinski definition) is 7. The number of fused-ring (bicyclic) bond motifs is 1. The highest BCUT2D eigenvalue weighted by Crippen LogP contribution is 2.37. The second kappa shape index (κ2) is 7.40. The van der Waals surface area contributed by atoms with E-state index in [1.165, 1.54) is 29.5 Å². The van der Waals surface area contributed by atoms with E-state index in [4.69, 9.17) is 29.7 Å². The maximum atomic E-state index is 13.4. The summed E-state index contributed by atoms with van der Waals surface area (Å²) in [6.07, 6.45) is 0. The lowest BCUT2D eigenvalue weighted by Crippen LogP contribution is -2.09. The number of primary sulfonamides is 1. The van der Waals surface area contributed by atoms with Gasteiger partial charge < -0.3 is 0 Å². The Labute approximate surface area is 159 Å². The van der Waals surface area contributed by atoms with Crippen molar-refractivity contribution in [1.82, 2.24) is 4.98 Å². The molecule has 3 aromatic rings. The van der Waals surface area contributed by atoms with E-state index in [2.05, 4.69) is 15.7 Å². The molecule has 3 rings (SSSR count). The first-order chi connectivity index (χ1) is 11.4.